The van der Waals surface area contributed by atoms with E-state index in [0.29, 0.717) is 5.57 Å². The second-order valence-corrected chi connectivity index (χ2v) is 6.69. The second kappa shape index (κ2) is 11.9. The number of unbranched alkanes of at least 4 members (excludes halogenated alkanes) is 8. The van der Waals surface area contributed by atoms with Crippen LogP contribution in [0.25, 0.3) is 0 Å². The molecule has 1 heterocycles. The lowest BCUT2D eigenvalue weighted by atomic mass is 10.1. The van der Waals surface area contributed by atoms with Gasteiger partial charge in [0.2, 0.25) is 0 Å². The first kappa shape index (κ1) is 20.5. The van der Waals surface area contributed by atoms with Gasteiger partial charge in [-0.3, -0.25) is 0 Å². The number of carbonyl (C=O) groups is 1. The predicted octanol–water partition coefficient (Wildman–Crippen LogP) is 5.66. The smallest absolute Gasteiger partial charge is 0.333 e. The molecule has 0 aromatic carbocycles. The summed E-state index contributed by atoms with van der Waals surface area (Å²) in [5.41, 5.74) is 1.26. The fourth-order valence-electron chi connectivity index (χ4n) is 2.64. The van der Waals surface area contributed by atoms with Gasteiger partial charge in [-0.05, 0) is 20.3 Å². The minimum Gasteiger partial charge on any atom is -0.453 e. The molecular formula is C20H34N2O2. The molecule has 1 atom stereocenters. The molecule has 1 unspecified atom stereocenters. The molecule has 0 fully saturated rings. The van der Waals surface area contributed by atoms with Crippen LogP contribution in [0.5, 0.6) is 0 Å². The van der Waals surface area contributed by atoms with Crippen LogP contribution in [0, 0.1) is 0 Å². The maximum Gasteiger partial charge on any atom is 0.333 e. The minimum absolute atomic E-state index is 0.321. The lowest BCUT2D eigenvalue weighted by Gasteiger charge is -2.11. The number of aromatic amines is 1. The van der Waals surface area contributed by atoms with Gasteiger partial charge in [-0.2, -0.15) is 0 Å². The molecule has 0 saturated carbocycles. The summed E-state index contributed by atoms with van der Waals surface area (Å²) in [5.74, 6) is 0.615. The first-order valence-corrected chi connectivity index (χ1v) is 9.44. The van der Waals surface area contributed by atoms with Gasteiger partial charge in [0, 0.05) is 12.0 Å². The van der Waals surface area contributed by atoms with E-state index in [1.807, 2.05) is 6.92 Å². The fourth-order valence-corrected chi connectivity index (χ4v) is 2.64. The zero-order chi connectivity index (χ0) is 17.8. The van der Waals surface area contributed by atoms with E-state index >= 15 is 0 Å². The summed E-state index contributed by atoms with van der Waals surface area (Å²) < 4.78 is 5.30. The zero-order valence-corrected chi connectivity index (χ0v) is 15.7. The number of esters is 1. The van der Waals surface area contributed by atoms with Crippen molar-refractivity contribution in [1.82, 2.24) is 9.97 Å². The highest BCUT2D eigenvalue weighted by atomic mass is 16.5. The number of aromatic nitrogens is 2. The third kappa shape index (κ3) is 8.32. The quantitative estimate of drug-likeness (QED) is 0.287. The molecule has 0 spiro atoms. The van der Waals surface area contributed by atoms with Crippen LogP contribution in [-0.4, -0.2) is 15.9 Å². The normalized spacial score (nSPS) is 12.1. The number of imidazole rings is 1. The maximum absolute atomic E-state index is 11.5. The number of nitrogens with zero attached hydrogens (tertiary/aromatic N) is 1. The summed E-state index contributed by atoms with van der Waals surface area (Å²) in [7, 11) is 0. The molecule has 0 aliphatic heterocycles. The number of hydrogen-bond acceptors (Lipinski definition) is 3. The van der Waals surface area contributed by atoms with Crippen LogP contribution in [0.15, 0.2) is 18.3 Å². The first-order valence-electron chi connectivity index (χ1n) is 9.44. The molecule has 0 radical (unpaired) electrons. The third-order valence-electron chi connectivity index (χ3n) is 4.24. The summed E-state index contributed by atoms with van der Waals surface area (Å²) in [4.78, 5) is 19.2. The maximum atomic E-state index is 11.5. The highest BCUT2D eigenvalue weighted by molar-refractivity contribution is 5.87. The Labute approximate surface area is 147 Å². The average Bonchev–Trinajstić information content (AvgIpc) is 3.02. The topological polar surface area (TPSA) is 55.0 Å². The predicted molar refractivity (Wildman–Crippen MR) is 98.8 cm³/mol. The number of hydrogen-bond donors (Lipinski definition) is 1. The van der Waals surface area contributed by atoms with Crippen molar-refractivity contribution in [3.05, 3.63) is 29.9 Å². The van der Waals surface area contributed by atoms with Crippen LogP contribution in [0.3, 0.4) is 0 Å². The summed E-state index contributed by atoms with van der Waals surface area (Å²) in [5, 5.41) is 0. The standard InChI is InChI=1S/C20H34N2O2/c1-5-6-7-8-9-10-11-12-13-14-19-21-15-18(22-19)17(4)24-20(23)16(2)3/h15,17H,2,5-14H2,1,3-4H3,(H,21,22). The van der Waals surface area contributed by atoms with Gasteiger partial charge in [0.15, 0.2) is 0 Å². The Morgan fingerprint density at radius 1 is 1.17 bits per heavy atom. The SMILES string of the molecule is C=C(C)C(=O)OC(C)c1cnc(CCCCCCCCCCC)[nH]1. The van der Waals surface area contributed by atoms with Crippen molar-refractivity contribution in [2.75, 3.05) is 0 Å². The van der Waals surface area contributed by atoms with Gasteiger partial charge in [-0.15, -0.1) is 0 Å². The lowest BCUT2D eigenvalue weighted by Crippen LogP contribution is -2.09. The molecule has 136 valence electrons. The van der Waals surface area contributed by atoms with Crippen LogP contribution in [-0.2, 0) is 16.0 Å². The van der Waals surface area contributed by atoms with Gasteiger partial charge in [0.1, 0.15) is 11.9 Å². The zero-order valence-electron chi connectivity index (χ0n) is 15.7. The molecule has 1 aromatic heterocycles. The molecule has 0 aliphatic carbocycles. The lowest BCUT2D eigenvalue weighted by molar-refractivity contribution is -0.143. The highest BCUT2D eigenvalue weighted by Gasteiger charge is 2.14. The van der Waals surface area contributed by atoms with Crippen molar-refractivity contribution in [2.45, 2.75) is 91.1 Å². The molecule has 0 saturated heterocycles. The Kier molecular flexibility index (Phi) is 10.1. The van der Waals surface area contributed by atoms with E-state index in [4.69, 9.17) is 4.74 Å². The van der Waals surface area contributed by atoms with Gasteiger partial charge < -0.3 is 9.72 Å². The summed E-state index contributed by atoms with van der Waals surface area (Å²) in [6, 6.07) is 0. The molecular weight excluding hydrogens is 300 g/mol. The van der Waals surface area contributed by atoms with Crippen molar-refractivity contribution in [3.63, 3.8) is 0 Å². The molecule has 1 N–H and O–H groups in total. The van der Waals surface area contributed by atoms with Crippen LogP contribution in [0.4, 0.5) is 0 Å². The van der Waals surface area contributed by atoms with Crippen molar-refractivity contribution >= 4 is 5.97 Å². The largest absolute Gasteiger partial charge is 0.453 e. The second-order valence-electron chi connectivity index (χ2n) is 6.69. The van der Waals surface area contributed by atoms with Crippen LogP contribution >= 0.6 is 0 Å². The van der Waals surface area contributed by atoms with Gasteiger partial charge >= 0.3 is 5.97 Å². The molecule has 4 nitrogen and oxygen atoms in total. The minimum atomic E-state index is -0.363. The van der Waals surface area contributed by atoms with Crippen LogP contribution < -0.4 is 0 Å². The van der Waals surface area contributed by atoms with Gasteiger partial charge in [0.05, 0.1) is 11.9 Å². The number of rotatable bonds is 13. The van der Waals surface area contributed by atoms with Crippen molar-refractivity contribution in [1.29, 1.82) is 0 Å². The van der Waals surface area contributed by atoms with E-state index in [-0.39, 0.29) is 12.1 Å². The third-order valence-corrected chi connectivity index (χ3v) is 4.24. The van der Waals surface area contributed by atoms with Crippen LogP contribution in [0.1, 0.15) is 96.2 Å². The number of H-pyrrole nitrogens is 1. The Hall–Kier alpha value is -1.58. The molecule has 24 heavy (non-hydrogen) atoms. The molecule has 1 aromatic rings. The van der Waals surface area contributed by atoms with Crippen molar-refractivity contribution in [2.24, 2.45) is 0 Å². The number of nitrogens with one attached hydrogen (secondary N) is 1. The fraction of sp³-hybridized carbons (Fsp3) is 0.700. The monoisotopic (exact) mass is 334 g/mol. The summed E-state index contributed by atoms with van der Waals surface area (Å²) >= 11 is 0. The average molecular weight is 335 g/mol. The van der Waals surface area contributed by atoms with Gasteiger partial charge in [-0.1, -0.05) is 64.9 Å². The summed E-state index contributed by atoms with van der Waals surface area (Å²) in [6.45, 7) is 9.34. The van der Waals surface area contributed by atoms with E-state index < -0.39 is 0 Å². The van der Waals surface area contributed by atoms with Crippen molar-refractivity contribution in [3.8, 4) is 0 Å². The first-order chi connectivity index (χ1) is 11.5. The van der Waals surface area contributed by atoms with E-state index in [1.165, 1.54) is 51.4 Å². The summed E-state index contributed by atoms with van der Waals surface area (Å²) in [6.07, 6.45) is 14.3. The number of carbonyl (C=O) groups excluding carboxylic acids is 1. The molecule has 0 amide bonds. The Morgan fingerprint density at radius 3 is 2.33 bits per heavy atom. The van der Waals surface area contributed by atoms with E-state index in [0.717, 1.165) is 24.4 Å². The Morgan fingerprint density at radius 2 is 1.75 bits per heavy atom. The number of ether oxygens (including phenoxy) is 1. The Balaban J connectivity index is 2.16. The van der Waals surface area contributed by atoms with E-state index in [1.54, 1.807) is 13.1 Å². The Bertz CT molecular complexity index is 494. The number of aryl methyl sites for hydroxylation is 1. The van der Waals surface area contributed by atoms with Crippen molar-refractivity contribution < 1.29 is 9.53 Å². The van der Waals surface area contributed by atoms with E-state index in [9.17, 15) is 4.79 Å². The van der Waals surface area contributed by atoms with E-state index in [2.05, 4.69) is 23.5 Å². The molecule has 0 aliphatic rings. The van der Waals surface area contributed by atoms with Gasteiger partial charge in [-0.25, -0.2) is 9.78 Å². The molecule has 4 heteroatoms. The van der Waals surface area contributed by atoms with Gasteiger partial charge in [0.25, 0.3) is 0 Å². The highest BCUT2D eigenvalue weighted by Crippen LogP contribution is 2.17. The molecule has 1 rings (SSSR count). The molecule has 0 bridgehead atoms. The van der Waals surface area contributed by atoms with Crippen LogP contribution in [0.2, 0.25) is 0 Å².